The van der Waals surface area contributed by atoms with Crippen molar-refractivity contribution in [3.8, 4) is 0 Å². The first-order valence-electron chi connectivity index (χ1n) is 6.15. The standard InChI is InChI=1S/C14H15N3OS/c15-13-4-2-1-3-11(13)5-7-18-10-12-9-17-6-8-19-14(17)16-12/h1-4,6,8-9H,5,7,10,15H2. The fraction of sp³-hybridized carbons (Fsp3) is 0.214. The Balaban J connectivity index is 1.51. The molecule has 4 nitrogen and oxygen atoms in total. The third kappa shape index (κ3) is 2.77. The van der Waals surface area contributed by atoms with E-state index in [1.54, 1.807) is 11.3 Å². The van der Waals surface area contributed by atoms with E-state index in [4.69, 9.17) is 10.5 Å². The Hall–Kier alpha value is -1.85. The highest BCUT2D eigenvalue weighted by Crippen LogP contribution is 2.13. The van der Waals surface area contributed by atoms with Gasteiger partial charge in [-0.25, -0.2) is 4.98 Å². The summed E-state index contributed by atoms with van der Waals surface area (Å²) in [7, 11) is 0. The van der Waals surface area contributed by atoms with Crippen LogP contribution in [-0.2, 0) is 17.8 Å². The van der Waals surface area contributed by atoms with Gasteiger partial charge in [-0.1, -0.05) is 18.2 Å². The fourth-order valence-corrected chi connectivity index (χ4v) is 2.69. The first kappa shape index (κ1) is 12.2. The van der Waals surface area contributed by atoms with Gasteiger partial charge in [-0.15, -0.1) is 11.3 Å². The molecule has 5 heteroatoms. The summed E-state index contributed by atoms with van der Waals surface area (Å²) >= 11 is 1.63. The van der Waals surface area contributed by atoms with Crippen LogP contribution in [0, 0.1) is 0 Å². The second-order valence-electron chi connectivity index (χ2n) is 4.33. The topological polar surface area (TPSA) is 52.5 Å². The van der Waals surface area contributed by atoms with E-state index in [1.807, 2.05) is 46.4 Å². The van der Waals surface area contributed by atoms with Gasteiger partial charge in [0, 0.05) is 23.5 Å². The van der Waals surface area contributed by atoms with E-state index in [1.165, 1.54) is 0 Å². The van der Waals surface area contributed by atoms with Gasteiger partial charge in [0.2, 0.25) is 0 Å². The number of aromatic nitrogens is 2. The predicted octanol–water partition coefficient (Wildman–Crippen LogP) is 2.74. The van der Waals surface area contributed by atoms with Crippen molar-refractivity contribution in [2.75, 3.05) is 12.3 Å². The molecule has 0 spiro atoms. The summed E-state index contributed by atoms with van der Waals surface area (Å²) in [5, 5.41) is 2.02. The zero-order valence-electron chi connectivity index (χ0n) is 10.5. The second-order valence-corrected chi connectivity index (χ2v) is 5.20. The molecular formula is C14H15N3OS. The number of nitrogens with two attached hydrogens (primary N) is 1. The van der Waals surface area contributed by atoms with E-state index >= 15 is 0 Å². The van der Waals surface area contributed by atoms with E-state index in [0.29, 0.717) is 13.2 Å². The van der Waals surface area contributed by atoms with Crippen LogP contribution in [0.4, 0.5) is 5.69 Å². The molecule has 0 aliphatic rings. The molecule has 0 saturated heterocycles. The molecule has 0 unspecified atom stereocenters. The number of benzene rings is 1. The van der Waals surface area contributed by atoms with Crippen molar-refractivity contribution >= 4 is 22.0 Å². The number of fused-ring (bicyclic) bond motifs is 1. The molecule has 0 aliphatic carbocycles. The smallest absolute Gasteiger partial charge is 0.193 e. The summed E-state index contributed by atoms with van der Waals surface area (Å²) in [5.41, 5.74) is 8.81. The summed E-state index contributed by atoms with van der Waals surface area (Å²) in [6.07, 6.45) is 4.83. The summed E-state index contributed by atoms with van der Waals surface area (Å²) in [5.74, 6) is 0. The number of anilines is 1. The number of nitrogens with zero attached hydrogens (tertiary/aromatic N) is 2. The average molecular weight is 273 g/mol. The van der Waals surface area contributed by atoms with E-state index in [2.05, 4.69) is 4.98 Å². The Labute approximate surface area is 115 Å². The van der Waals surface area contributed by atoms with Gasteiger partial charge in [-0.3, -0.25) is 4.40 Å². The van der Waals surface area contributed by atoms with Crippen LogP contribution in [-0.4, -0.2) is 16.0 Å². The van der Waals surface area contributed by atoms with Gasteiger partial charge in [0.25, 0.3) is 0 Å². The highest BCUT2D eigenvalue weighted by Gasteiger charge is 2.03. The average Bonchev–Trinajstić information content (AvgIpc) is 2.97. The number of hydrogen-bond donors (Lipinski definition) is 1. The number of nitrogen functional groups attached to an aromatic ring is 1. The van der Waals surface area contributed by atoms with Gasteiger partial charge in [0.1, 0.15) is 0 Å². The third-order valence-electron chi connectivity index (χ3n) is 2.96. The minimum absolute atomic E-state index is 0.543. The third-order valence-corrected chi connectivity index (χ3v) is 3.73. The molecule has 1 aromatic carbocycles. The van der Waals surface area contributed by atoms with Crippen molar-refractivity contribution in [2.24, 2.45) is 0 Å². The molecule has 19 heavy (non-hydrogen) atoms. The van der Waals surface area contributed by atoms with Gasteiger partial charge in [-0.2, -0.15) is 0 Å². The molecule has 3 rings (SSSR count). The Bertz CT molecular complexity index is 645. The lowest BCUT2D eigenvalue weighted by molar-refractivity contribution is 0.121. The monoisotopic (exact) mass is 273 g/mol. The zero-order chi connectivity index (χ0) is 13.1. The van der Waals surface area contributed by atoms with Gasteiger partial charge in [0.05, 0.1) is 18.9 Å². The van der Waals surface area contributed by atoms with Crippen molar-refractivity contribution in [2.45, 2.75) is 13.0 Å². The largest absolute Gasteiger partial charge is 0.399 e. The molecular weight excluding hydrogens is 258 g/mol. The molecule has 0 bridgehead atoms. The number of ether oxygens (including phenoxy) is 1. The molecule has 0 amide bonds. The summed E-state index contributed by atoms with van der Waals surface area (Å²) in [6.45, 7) is 1.19. The Morgan fingerprint density at radius 2 is 2.21 bits per heavy atom. The maximum atomic E-state index is 5.88. The van der Waals surface area contributed by atoms with Crippen LogP contribution in [0.3, 0.4) is 0 Å². The molecule has 3 aromatic rings. The molecule has 0 atom stereocenters. The van der Waals surface area contributed by atoms with Crippen LogP contribution >= 0.6 is 11.3 Å². The molecule has 0 fully saturated rings. The normalized spacial score (nSPS) is 11.2. The maximum absolute atomic E-state index is 5.88. The molecule has 0 saturated carbocycles. The van der Waals surface area contributed by atoms with Crippen molar-refractivity contribution < 1.29 is 4.74 Å². The van der Waals surface area contributed by atoms with Crippen LogP contribution in [0.2, 0.25) is 0 Å². The van der Waals surface area contributed by atoms with Crippen molar-refractivity contribution in [3.63, 3.8) is 0 Å². The van der Waals surface area contributed by atoms with Crippen LogP contribution in [0.25, 0.3) is 4.96 Å². The summed E-state index contributed by atoms with van der Waals surface area (Å²) < 4.78 is 7.66. The van der Waals surface area contributed by atoms with Crippen LogP contribution < -0.4 is 5.73 Å². The predicted molar refractivity (Wildman–Crippen MR) is 77.3 cm³/mol. The summed E-state index contributed by atoms with van der Waals surface area (Å²) in [4.78, 5) is 5.47. The first-order chi connectivity index (χ1) is 9.33. The second kappa shape index (κ2) is 5.42. The maximum Gasteiger partial charge on any atom is 0.193 e. The van der Waals surface area contributed by atoms with Gasteiger partial charge in [0.15, 0.2) is 4.96 Å². The van der Waals surface area contributed by atoms with E-state index in [0.717, 1.165) is 28.3 Å². The lowest BCUT2D eigenvalue weighted by atomic mass is 10.1. The molecule has 2 aromatic heterocycles. The van der Waals surface area contributed by atoms with Gasteiger partial charge >= 0.3 is 0 Å². The van der Waals surface area contributed by atoms with Crippen LogP contribution in [0.15, 0.2) is 42.0 Å². The lowest BCUT2D eigenvalue weighted by Gasteiger charge is -2.05. The van der Waals surface area contributed by atoms with Crippen molar-refractivity contribution in [3.05, 3.63) is 53.3 Å². The van der Waals surface area contributed by atoms with Gasteiger partial charge in [-0.05, 0) is 18.1 Å². The SMILES string of the molecule is Nc1ccccc1CCOCc1cn2ccsc2n1. The fourth-order valence-electron chi connectivity index (χ4n) is 1.97. The quantitative estimate of drug-likeness (QED) is 0.574. The first-order valence-corrected chi connectivity index (χ1v) is 7.03. The lowest BCUT2D eigenvalue weighted by Crippen LogP contribution is -2.01. The molecule has 2 N–H and O–H groups in total. The zero-order valence-corrected chi connectivity index (χ0v) is 11.3. The van der Waals surface area contributed by atoms with E-state index in [-0.39, 0.29) is 0 Å². The molecule has 2 heterocycles. The summed E-state index contributed by atoms with van der Waals surface area (Å²) in [6, 6.07) is 7.89. The van der Waals surface area contributed by atoms with Crippen molar-refractivity contribution in [1.29, 1.82) is 0 Å². The van der Waals surface area contributed by atoms with E-state index in [9.17, 15) is 0 Å². The number of hydrogen-bond acceptors (Lipinski definition) is 4. The van der Waals surface area contributed by atoms with Gasteiger partial charge < -0.3 is 10.5 Å². The molecule has 0 radical (unpaired) electrons. The molecule has 98 valence electrons. The minimum atomic E-state index is 0.543. The number of para-hydroxylation sites is 1. The Kier molecular flexibility index (Phi) is 3.48. The Morgan fingerprint density at radius 3 is 3.05 bits per heavy atom. The number of thiazole rings is 1. The minimum Gasteiger partial charge on any atom is -0.399 e. The van der Waals surface area contributed by atoms with Crippen molar-refractivity contribution in [1.82, 2.24) is 9.38 Å². The van der Waals surface area contributed by atoms with Crippen LogP contribution in [0.5, 0.6) is 0 Å². The number of imidazole rings is 1. The highest BCUT2D eigenvalue weighted by molar-refractivity contribution is 7.15. The molecule has 0 aliphatic heterocycles. The number of rotatable bonds is 5. The van der Waals surface area contributed by atoms with Crippen LogP contribution in [0.1, 0.15) is 11.3 Å². The Morgan fingerprint density at radius 1 is 1.32 bits per heavy atom. The van der Waals surface area contributed by atoms with E-state index < -0.39 is 0 Å². The highest BCUT2D eigenvalue weighted by atomic mass is 32.1.